The molecule has 0 saturated carbocycles. The van der Waals surface area contributed by atoms with E-state index in [9.17, 15) is 4.79 Å². The highest BCUT2D eigenvalue weighted by molar-refractivity contribution is 9.10. The van der Waals surface area contributed by atoms with Gasteiger partial charge in [-0.15, -0.1) is 11.3 Å². The van der Waals surface area contributed by atoms with E-state index in [2.05, 4.69) is 25.9 Å². The molecule has 2 heterocycles. The molecule has 0 aliphatic heterocycles. The van der Waals surface area contributed by atoms with E-state index in [1.165, 1.54) is 0 Å². The molecular formula is C12H12BrN3OS. The number of hydrogen-bond acceptors (Lipinski definition) is 4. The van der Waals surface area contributed by atoms with Crippen molar-refractivity contribution in [2.24, 2.45) is 0 Å². The van der Waals surface area contributed by atoms with Crippen molar-refractivity contribution >= 4 is 33.2 Å². The number of carbonyl (C=O) groups is 1. The second kappa shape index (κ2) is 5.58. The molecule has 2 aromatic heterocycles. The summed E-state index contributed by atoms with van der Waals surface area (Å²) < 4.78 is 0.861. The number of amides is 1. The molecule has 0 N–H and O–H groups in total. The van der Waals surface area contributed by atoms with E-state index >= 15 is 0 Å². The second-order valence-corrected chi connectivity index (χ2v) is 5.74. The minimum Gasteiger partial charge on any atom is -0.335 e. The lowest BCUT2D eigenvalue weighted by Gasteiger charge is -2.15. The highest BCUT2D eigenvalue weighted by Crippen LogP contribution is 2.15. The van der Waals surface area contributed by atoms with E-state index in [-0.39, 0.29) is 5.91 Å². The zero-order valence-electron chi connectivity index (χ0n) is 10.1. The van der Waals surface area contributed by atoms with Crippen molar-refractivity contribution in [1.29, 1.82) is 0 Å². The molecule has 0 aliphatic rings. The van der Waals surface area contributed by atoms with E-state index < -0.39 is 0 Å². The van der Waals surface area contributed by atoms with Gasteiger partial charge in [-0.2, -0.15) is 0 Å². The number of carbonyl (C=O) groups excluding carboxylic acids is 1. The Bertz CT molecular complexity index is 553. The Hall–Kier alpha value is -1.27. The van der Waals surface area contributed by atoms with Gasteiger partial charge in [-0.3, -0.25) is 4.79 Å². The average molecular weight is 326 g/mol. The smallest absolute Gasteiger partial charge is 0.272 e. The average Bonchev–Trinajstić information content (AvgIpc) is 2.75. The maximum atomic E-state index is 12.1. The molecule has 4 nitrogen and oxygen atoms in total. The Morgan fingerprint density at radius 2 is 2.22 bits per heavy atom. The second-order valence-electron chi connectivity index (χ2n) is 3.88. The number of halogens is 1. The molecular weight excluding hydrogens is 314 g/mol. The standard InChI is InChI=1S/C12H12BrN3OS/c1-8-11(18-7-15-8)6-16(2)12(17)10-4-3-9(13)5-14-10/h3-5,7H,6H2,1-2H3. The predicted octanol–water partition coefficient (Wildman–Crippen LogP) is 2.88. The molecule has 6 heteroatoms. The fourth-order valence-electron chi connectivity index (χ4n) is 1.46. The third-order valence-corrected chi connectivity index (χ3v) is 3.91. The fraction of sp³-hybridized carbons (Fsp3) is 0.250. The summed E-state index contributed by atoms with van der Waals surface area (Å²) in [6, 6.07) is 3.52. The van der Waals surface area contributed by atoms with Crippen molar-refractivity contribution < 1.29 is 4.79 Å². The summed E-state index contributed by atoms with van der Waals surface area (Å²) in [7, 11) is 1.77. The van der Waals surface area contributed by atoms with Crippen LogP contribution in [0.25, 0.3) is 0 Å². The van der Waals surface area contributed by atoms with Crippen LogP contribution >= 0.6 is 27.3 Å². The Kier molecular flexibility index (Phi) is 4.08. The molecule has 1 amide bonds. The molecule has 0 aromatic carbocycles. The number of aryl methyl sites for hydroxylation is 1. The Morgan fingerprint density at radius 3 is 2.78 bits per heavy atom. The number of thiazole rings is 1. The van der Waals surface area contributed by atoms with Gasteiger partial charge in [0.1, 0.15) is 5.69 Å². The molecule has 18 heavy (non-hydrogen) atoms. The molecule has 2 aromatic rings. The number of rotatable bonds is 3. The summed E-state index contributed by atoms with van der Waals surface area (Å²) in [5.41, 5.74) is 3.22. The van der Waals surface area contributed by atoms with Crippen molar-refractivity contribution in [3.63, 3.8) is 0 Å². The summed E-state index contributed by atoms with van der Waals surface area (Å²) in [4.78, 5) is 23.1. The van der Waals surface area contributed by atoms with Crippen LogP contribution in [-0.2, 0) is 6.54 Å². The van der Waals surface area contributed by atoms with E-state index in [4.69, 9.17) is 0 Å². The minimum atomic E-state index is -0.0877. The van der Waals surface area contributed by atoms with E-state index in [0.717, 1.165) is 15.0 Å². The highest BCUT2D eigenvalue weighted by atomic mass is 79.9. The Balaban J connectivity index is 2.09. The van der Waals surface area contributed by atoms with Crippen LogP contribution in [0.2, 0.25) is 0 Å². The van der Waals surface area contributed by atoms with Crippen LogP contribution in [0.15, 0.2) is 28.3 Å². The third kappa shape index (κ3) is 2.94. The van der Waals surface area contributed by atoms with Crippen LogP contribution in [0.5, 0.6) is 0 Å². The lowest BCUT2D eigenvalue weighted by molar-refractivity contribution is 0.0780. The van der Waals surface area contributed by atoms with Gasteiger partial charge in [0, 0.05) is 22.6 Å². The lowest BCUT2D eigenvalue weighted by Crippen LogP contribution is -2.26. The highest BCUT2D eigenvalue weighted by Gasteiger charge is 2.14. The van der Waals surface area contributed by atoms with Crippen molar-refractivity contribution in [1.82, 2.24) is 14.9 Å². The maximum absolute atomic E-state index is 12.1. The van der Waals surface area contributed by atoms with Crippen LogP contribution in [0.3, 0.4) is 0 Å². The van der Waals surface area contributed by atoms with Gasteiger partial charge in [-0.05, 0) is 35.0 Å². The van der Waals surface area contributed by atoms with E-state index in [1.54, 1.807) is 41.1 Å². The monoisotopic (exact) mass is 325 g/mol. The minimum absolute atomic E-state index is 0.0877. The first kappa shape index (κ1) is 13.2. The molecule has 0 spiro atoms. The first-order chi connectivity index (χ1) is 8.58. The first-order valence-corrected chi connectivity index (χ1v) is 7.01. The summed E-state index contributed by atoms with van der Waals surface area (Å²) in [5.74, 6) is -0.0877. The summed E-state index contributed by atoms with van der Waals surface area (Å²) >= 11 is 4.86. The van der Waals surface area contributed by atoms with E-state index in [1.807, 2.05) is 13.0 Å². The lowest BCUT2D eigenvalue weighted by atomic mass is 10.3. The predicted molar refractivity (Wildman–Crippen MR) is 74.6 cm³/mol. The number of aromatic nitrogens is 2. The third-order valence-electron chi connectivity index (χ3n) is 2.52. The summed E-state index contributed by atoms with van der Waals surface area (Å²) in [5, 5.41) is 0. The fourth-order valence-corrected chi connectivity index (χ4v) is 2.53. The molecule has 0 fully saturated rings. The van der Waals surface area contributed by atoms with Gasteiger partial charge in [0.25, 0.3) is 5.91 Å². The SMILES string of the molecule is Cc1ncsc1CN(C)C(=O)c1ccc(Br)cn1. The van der Waals surface area contributed by atoms with Crippen LogP contribution in [-0.4, -0.2) is 27.8 Å². The van der Waals surface area contributed by atoms with Gasteiger partial charge in [-0.1, -0.05) is 0 Å². The van der Waals surface area contributed by atoms with Crippen LogP contribution in [0.4, 0.5) is 0 Å². The molecule has 0 radical (unpaired) electrons. The molecule has 0 saturated heterocycles. The zero-order chi connectivity index (χ0) is 13.1. The normalized spacial score (nSPS) is 10.4. The number of hydrogen-bond donors (Lipinski definition) is 0. The molecule has 0 bridgehead atoms. The van der Waals surface area contributed by atoms with E-state index in [0.29, 0.717) is 12.2 Å². The van der Waals surface area contributed by atoms with Gasteiger partial charge in [-0.25, -0.2) is 9.97 Å². The molecule has 0 aliphatic carbocycles. The first-order valence-electron chi connectivity index (χ1n) is 5.34. The van der Waals surface area contributed by atoms with Gasteiger partial charge >= 0.3 is 0 Å². The quantitative estimate of drug-likeness (QED) is 0.871. The van der Waals surface area contributed by atoms with Crippen LogP contribution < -0.4 is 0 Å². The number of pyridine rings is 1. The van der Waals surface area contributed by atoms with Gasteiger partial charge < -0.3 is 4.90 Å². The van der Waals surface area contributed by atoms with Crippen LogP contribution in [0.1, 0.15) is 21.1 Å². The molecule has 0 unspecified atom stereocenters. The molecule has 94 valence electrons. The number of nitrogens with zero attached hydrogens (tertiary/aromatic N) is 3. The Morgan fingerprint density at radius 1 is 1.44 bits per heavy atom. The van der Waals surface area contributed by atoms with Crippen molar-refractivity contribution in [3.05, 3.63) is 44.6 Å². The molecule has 2 rings (SSSR count). The van der Waals surface area contributed by atoms with Crippen LogP contribution in [0, 0.1) is 6.92 Å². The summed E-state index contributed by atoms with van der Waals surface area (Å²) in [6.45, 7) is 2.51. The van der Waals surface area contributed by atoms with Gasteiger partial charge in [0.2, 0.25) is 0 Å². The largest absolute Gasteiger partial charge is 0.335 e. The van der Waals surface area contributed by atoms with Gasteiger partial charge in [0.05, 0.1) is 17.7 Å². The topological polar surface area (TPSA) is 46.1 Å². The van der Waals surface area contributed by atoms with Crippen molar-refractivity contribution in [3.8, 4) is 0 Å². The van der Waals surface area contributed by atoms with Gasteiger partial charge in [0.15, 0.2) is 0 Å². The summed E-state index contributed by atoms with van der Waals surface area (Å²) in [6.07, 6.45) is 1.62. The van der Waals surface area contributed by atoms with Crippen molar-refractivity contribution in [2.45, 2.75) is 13.5 Å². The molecule has 0 atom stereocenters. The zero-order valence-corrected chi connectivity index (χ0v) is 12.5. The maximum Gasteiger partial charge on any atom is 0.272 e. The Labute approximate surface area is 118 Å². The van der Waals surface area contributed by atoms with Crippen molar-refractivity contribution in [2.75, 3.05) is 7.05 Å².